The molecule has 0 saturated carbocycles. The van der Waals surface area contributed by atoms with E-state index in [1.165, 1.54) is 0 Å². The van der Waals surface area contributed by atoms with Crippen molar-refractivity contribution in [2.75, 3.05) is 6.54 Å². The van der Waals surface area contributed by atoms with E-state index in [9.17, 15) is 8.42 Å². The molecular weight excluding hydrogens is 226 g/mol. The normalized spacial score (nSPS) is 15.9. The Bertz CT molecular complexity index is 482. The van der Waals surface area contributed by atoms with E-state index in [-0.39, 0.29) is 4.90 Å². The Kier molecular flexibility index (Phi) is 3.21. The molecule has 0 aromatic heterocycles. The minimum Gasteiger partial charge on any atom is -0.296 e. The average Bonchev–Trinajstić information content (AvgIpc) is 2.81. The van der Waals surface area contributed by atoms with Gasteiger partial charge in [0.2, 0.25) is 0 Å². The van der Waals surface area contributed by atoms with Crippen LogP contribution in [0.25, 0.3) is 0 Å². The van der Waals surface area contributed by atoms with Gasteiger partial charge in [0.1, 0.15) is 5.84 Å². The molecule has 0 unspecified atom stereocenters. The van der Waals surface area contributed by atoms with Crippen LogP contribution >= 0.6 is 0 Å². The first-order chi connectivity index (χ1) is 7.68. The summed E-state index contributed by atoms with van der Waals surface area (Å²) >= 11 is 0. The van der Waals surface area contributed by atoms with E-state index in [0.717, 1.165) is 19.4 Å². The molecule has 1 aromatic carbocycles. The van der Waals surface area contributed by atoms with Crippen molar-refractivity contribution in [2.24, 2.45) is 4.99 Å². The summed E-state index contributed by atoms with van der Waals surface area (Å²) in [4.78, 5) is 6.66. The van der Waals surface area contributed by atoms with Crippen LogP contribution in [0.3, 0.4) is 0 Å². The molecule has 16 heavy (non-hydrogen) atoms. The van der Waals surface area contributed by atoms with Crippen molar-refractivity contribution in [2.45, 2.75) is 17.7 Å². The number of hydrogen-bond acceptors (Lipinski definition) is 4. The highest BCUT2D eigenvalue weighted by Gasteiger charge is 2.14. The zero-order valence-electron chi connectivity index (χ0n) is 8.68. The molecule has 86 valence electrons. The lowest BCUT2D eigenvalue weighted by Gasteiger charge is -2.08. The summed E-state index contributed by atoms with van der Waals surface area (Å²) in [6, 6.07) is 8.22. The Morgan fingerprint density at radius 2 is 1.94 bits per heavy atom. The molecule has 0 radical (unpaired) electrons. The molecule has 1 aliphatic rings. The largest absolute Gasteiger partial charge is 0.296 e. The van der Waals surface area contributed by atoms with E-state index in [0.29, 0.717) is 5.84 Å². The number of aliphatic imine (C=N–C) groups is 1. The minimum atomic E-state index is -3.49. The van der Waals surface area contributed by atoms with E-state index in [4.69, 9.17) is 0 Å². The highest BCUT2D eigenvalue weighted by Crippen LogP contribution is 2.06. The first-order valence-corrected chi connectivity index (χ1v) is 6.53. The van der Waals surface area contributed by atoms with Gasteiger partial charge in [-0.05, 0) is 18.6 Å². The predicted octanol–water partition coefficient (Wildman–Crippen LogP) is 0.662. The quantitative estimate of drug-likeness (QED) is 0.761. The first-order valence-electron chi connectivity index (χ1n) is 5.05. The van der Waals surface area contributed by atoms with Crippen molar-refractivity contribution in [3.05, 3.63) is 30.3 Å². The van der Waals surface area contributed by atoms with E-state index in [2.05, 4.69) is 15.2 Å². The lowest BCUT2D eigenvalue weighted by Crippen LogP contribution is -2.40. The van der Waals surface area contributed by atoms with Crippen LogP contribution in [0.1, 0.15) is 12.8 Å². The monoisotopic (exact) mass is 239 g/mol. The van der Waals surface area contributed by atoms with Gasteiger partial charge in [0.05, 0.1) is 4.90 Å². The van der Waals surface area contributed by atoms with E-state index >= 15 is 0 Å². The van der Waals surface area contributed by atoms with Gasteiger partial charge in [0, 0.05) is 13.0 Å². The second-order valence-corrected chi connectivity index (χ2v) is 5.16. The van der Waals surface area contributed by atoms with Gasteiger partial charge in [0.25, 0.3) is 10.0 Å². The average molecular weight is 239 g/mol. The SMILES string of the molecule is O=S(=O)(NNC1=NCCC1)c1ccccc1. The van der Waals surface area contributed by atoms with Crippen molar-refractivity contribution >= 4 is 15.9 Å². The molecule has 0 fully saturated rings. The molecule has 0 amide bonds. The van der Waals surface area contributed by atoms with Gasteiger partial charge in [-0.2, -0.15) is 0 Å². The third-order valence-corrected chi connectivity index (χ3v) is 3.52. The Morgan fingerprint density at radius 1 is 1.19 bits per heavy atom. The number of sulfonamides is 1. The van der Waals surface area contributed by atoms with Crippen LogP contribution < -0.4 is 10.3 Å². The molecule has 2 rings (SSSR count). The molecular formula is C10H13N3O2S. The molecule has 0 bridgehead atoms. The van der Waals surface area contributed by atoms with Gasteiger partial charge in [-0.25, -0.2) is 8.42 Å². The Balaban J connectivity index is 2.03. The molecule has 5 nitrogen and oxygen atoms in total. The van der Waals surface area contributed by atoms with Crippen LogP contribution in [0.15, 0.2) is 40.2 Å². The predicted molar refractivity (Wildman–Crippen MR) is 61.4 cm³/mol. The number of hydrazine groups is 1. The summed E-state index contributed by atoms with van der Waals surface area (Å²) in [6.07, 6.45) is 1.76. The van der Waals surface area contributed by atoms with Crippen LogP contribution in [0, 0.1) is 0 Å². The van der Waals surface area contributed by atoms with Gasteiger partial charge in [-0.3, -0.25) is 10.4 Å². The van der Waals surface area contributed by atoms with Gasteiger partial charge in [-0.1, -0.05) is 18.2 Å². The number of rotatable bonds is 3. The van der Waals surface area contributed by atoms with Crippen LogP contribution in [0.2, 0.25) is 0 Å². The maximum Gasteiger partial charge on any atom is 0.257 e. The number of amidine groups is 1. The molecule has 0 aliphatic carbocycles. The number of nitrogens with one attached hydrogen (secondary N) is 2. The number of nitrogens with zero attached hydrogens (tertiary/aromatic N) is 1. The van der Waals surface area contributed by atoms with Crippen LogP contribution in [-0.4, -0.2) is 20.8 Å². The maximum atomic E-state index is 11.8. The van der Waals surface area contributed by atoms with Gasteiger partial charge in [0.15, 0.2) is 0 Å². The summed E-state index contributed by atoms with van der Waals surface area (Å²) in [7, 11) is -3.49. The maximum absolute atomic E-state index is 11.8. The van der Waals surface area contributed by atoms with E-state index < -0.39 is 10.0 Å². The molecule has 2 N–H and O–H groups in total. The molecule has 1 aliphatic heterocycles. The van der Waals surface area contributed by atoms with Crippen molar-refractivity contribution in [3.63, 3.8) is 0 Å². The highest BCUT2D eigenvalue weighted by atomic mass is 32.2. The van der Waals surface area contributed by atoms with Crippen molar-refractivity contribution in [1.29, 1.82) is 0 Å². The Hall–Kier alpha value is -1.40. The van der Waals surface area contributed by atoms with Crippen molar-refractivity contribution < 1.29 is 8.42 Å². The lowest BCUT2D eigenvalue weighted by atomic mass is 10.3. The molecule has 1 heterocycles. The summed E-state index contributed by atoms with van der Waals surface area (Å²) in [6.45, 7) is 0.759. The van der Waals surface area contributed by atoms with Gasteiger partial charge >= 0.3 is 0 Å². The third kappa shape index (κ3) is 2.59. The fourth-order valence-electron chi connectivity index (χ4n) is 1.43. The molecule has 0 spiro atoms. The zero-order valence-corrected chi connectivity index (χ0v) is 9.50. The van der Waals surface area contributed by atoms with Crippen molar-refractivity contribution in [3.8, 4) is 0 Å². The third-order valence-electron chi connectivity index (χ3n) is 2.26. The summed E-state index contributed by atoms with van der Waals surface area (Å²) < 4.78 is 23.5. The number of hydrogen-bond donors (Lipinski definition) is 2. The van der Waals surface area contributed by atoms with Gasteiger partial charge < -0.3 is 0 Å². The smallest absolute Gasteiger partial charge is 0.257 e. The first kappa shape index (κ1) is 11.1. The van der Waals surface area contributed by atoms with Gasteiger partial charge in [-0.15, -0.1) is 4.83 Å². The Morgan fingerprint density at radius 3 is 2.56 bits per heavy atom. The summed E-state index contributed by atoms with van der Waals surface area (Å²) in [5, 5.41) is 0. The highest BCUT2D eigenvalue weighted by molar-refractivity contribution is 7.89. The molecule has 1 aromatic rings. The van der Waals surface area contributed by atoms with Crippen molar-refractivity contribution in [1.82, 2.24) is 10.3 Å². The van der Waals surface area contributed by atoms with Crippen LogP contribution in [0.4, 0.5) is 0 Å². The van der Waals surface area contributed by atoms with E-state index in [1.807, 2.05) is 0 Å². The fraction of sp³-hybridized carbons (Fsp3) is 0.300. The minimum absolute atomic E-state index is 0.237. The number of benzene rings is 1. The topological polar surface area (TPSA) is 70.6 Å². The van der Waals surface area contributed by atoms with Crippen LogP contribution in [0.5, 0.6) is 0 Å². The Labute approximate surface area is 94.6 Å². The fourth-order valence-corrected chi connectivity index (χ4v) is 2.31. The summed E-state index contributed by atoms with van der Waals surface area (Å²) in [5.74, 6) is 0.694. The second kappa shape index (κ2) is 4.63. The molecule has 6 heteroatoms. The van der Waals surface area contributed by atoms with Crippen LogP contribution in [-0.2, 0) is 10.0 Å². The van der Waals surface area contributed by atoms with E-state index in [1.54, 1.807) is 30.3 Å². The summed E-state index contributed by atoms with van der Waals surface area (Å²) in [5.41, 5.74) is 2.63. The molecule has 0 saturated heterocycles. The standard InChI is InChI=1S/C10H13N3O2S/c14-16(15,9-5-2-1-3-6-9)13-12-10-7-4-8-11-10/h1-3,5-6,13H,4,7-8H2,(H,11,12). The second-order valence-electron chi connectivity index (χ2n) is 3.48. The lowest BCUT2D eigenvalue weighted by molar-refractivity contribution is 0.577. The zero-order chi connectivity index (χ0) is 11.4. The molecule has 0 atom stereocenters.